The van der Waals surface area contributed by atoms with Gasteiger partial charge >= 0.3 is 0 Å². The molecule has 1 fully saturated rings. The summed E-state index contributed by atoms with van der Waals surface area (Å²) in [6.07, 6.45) is -1.38. The molecule has 35 heavy (non-hydrogen) atoms. The van der Waals surface area contributed by atoms with E-state index in [-0.39, 0.29) is 5.91 Å². The van der Waals surface area contributed by atoms with Crippen molar-refractivity contribution in [2.75, 3.05) is 5.32 Å². The molecule has 10 nitrogen and oxygen atoms in total. The molecule has 3 aromatic carbocycles. The van der Waals surface area contributed by atoms with Gasteiger partial charge in [0.25, 0.3) is 5.91 Å². The molecule has 1 aliphatic rings. The standard InChI is InChI=1S/C25H20N6O4/c32-21-20(22(33)23(21)34)27-19-11-17(10-18(12-19)24-28-30-31-29-24)15-6-8-16(9-7-15)25(35)26-13-14-4-2-1-3-5-14/h1-12,20-21,27,32H,13H2,(H,26,35)(H,28,29,30,31). The zero-order valence-corrected chi connectivity index (χ0v) is 18.3. The Balaban J connectivity index is 1.38. The van der Waals surface area contributed by atoms with Gasteiger partial charge in [0.2, 0.25) is 17.4 Å². The number of carbonyl (C=O) groups is 3. The summed E-state index contributed by atoms with van der Waals surface area (Å²) in [7, 11) is 0. The fraction of sp³-hybridized carbons (Fsp3) is 0.120. The van der Waals surface area contributed by atoms with Crippen molar-refractivity contribution in [2.24, 2.45) is 0 Å². The maximum Gasteiger partial charge on any atom is 0.251 e. The summed E-state index contributed by atoms with van der Waals surface area (Å²) in [5.74, 6) is -1.33. The predicted molar refractivity (Wildman–Crippen MR) is 126 cm³/mol. The smallest absolute Gasteiger partial charge is 0.251 e. The third kappa shape index (κ3) is 4.55. The number of aliphatic hydroxyl groups excluding tert-OH is 1. The number of aromatic amines is 1. The molecule has 1 saturated carbocycles. The summed E-state index contributed by atoms with van der Waals surface area (Å²) < 4.78 is 0. The molecule has 1 aromatic heterocycles. The van der Waals surface area contributed by atoms with Crippen LogP contribution < -0.4 is 10.6 Å². The van der Waals surface area contributed by atoms with Crippen LogP contribution in [0.15, 0.2) is 72.8 Å². The Morgan fingerprint density at radius 1 is 0.914 bits per heavy atom. The molecule has 2 atom stereocenters. The van der Waals surface area contributed by atoms with E-state index in [0.717, 1.165) is 16.7 Å². The Bertz CT molecular complexity index is 1390. The van der Waals surface area contributed by atoms with Gasteiger partial charge in [-0.2, -0.15) is 5.21 Å². The van der Waals surface area contributed by atoms with Crippen molar-refractivity contribution in [3.63, 3.8) is 0 Å². The summed E-state index contributed by atoms with van der Waals surface area (Å²) in [6, 6.07) is 21.0. The van der Waals surface area contributed by atoms with Crippen LogP contribution in [-0.4, -0.2) is 55.4 Å². The number of anilines is 1. The highest BCUT2D eigenvalue weighted by Crippen LogP contribution is 2.30. The molecule has 4 N–H and O–H groups in total. The first-order valence-corrected chi connectivity index (χ1v) is 10.8. The molecule has 0 spiro atoms. The zero-order chi connectivity index (χ0) is 24.4. The number of ketones is 2. The van der Waals surface area contributed by atoms with Crippen molar-refractivity contribution >= 4 is 23.2 Å². The number of amides is 1. The average Bonchev–Trinajstić information content (AvgIpc) is 3.45. The van der Waals surface area contributed by atoms with Crippen LogP contribution >= 0.6 is 0 Å². The Hall–Kier alpha value is -4.70. The summed E-state index contributed by atoms with van der Waals surface area (Å²) >= 11 is 0. The number of benzene rings is 3. The van der Waals surface area contributed by atoms with Gasteiger partial charge in [0, 0.05) is 23.4 Å². The first kappa shape index (κ1) is 22.1. The third-order valence-corrected chi connectivity index (χ3v) is 5.74. The number of H-pyrrole nitrogens is 1. The van der Waals surface area contributed by atoms with Gasteiger partial charge in [-0.15, -0.1) is 10.2 Å². The van der Waals surface area contributed by atoms with Crippen LogP contribution in [0.3, 0.4) is 0 Å². The lowest BCUT2D eigenvalue weighted by molar-refractivity contribution is -0.152. The van der Waals surface area contributed by atoms with Gasteiger partial charge in [-0.25, -0.2) is 0 Å². The van der Waals surface area contributed by atoms with E-state index in [4.69, 9.17) is 0 Å². The molecular formula is C25H20N6O4. The molecule has 1 heterocycles. The topological polar surface area (TPSA) is 150 Å². The van der Waals surface area contributed by atoms with Crippen molar-refractivity contribution in [1.82, 2.24) is 25.9 Å². The summed E-state index contributed by atoms with van der Waals surface area (Å²) in [5, 5.41) is 29.6. The second-order valence-electron chi connectivity index (χ2n) is 8.08. The van der Waals surface area contributed by atoms with Gasteiger partial charge in [0.15, 0.2) is 0 Å². The van der Waals surface area contributed by atoms with E-state index in [1.165, 1.54) is 0 Å². The van der Waals surface area contributed by atoms with Crippen LogP contribution in [0.25, 0.3) is 22.5 Å². The molecule has 4 aromatic rings. The first-order valence-electron chi connectivity index (χ1n) is 10.8. The lowest BCUT2D eigenvalue weighted by atomic mass is 9.85. The molecule has 0 radical (unpaired) electrons. The maximum atomic E-state index is 12.5. The fourth-order valence-corrected chi connectivity index (χ4v) is 3.81. The molecule has 0 saturated heterocycles. The number of hydrogen-bond donors (Lipinski definition) is 4. The van der Waals surface area contributed by atoms with Crippen molar-refractivity contribution in [2.45, 2.75) is 18.7 Å². The Kier molecular flexibility index (Phi) is 5.86. The molecule has 1 aliphatic carbocycles. The highest BCUT2D eigenvalue weighted by Gasteiger charge is 2.48. The minimum Gasteiger partial charge on any atom is -0.382 e. The van der Waals surface area contributed by atoms with Crippen LogP contribution in [0.1, 0.15) is 15.9 Å². The number of carbonyl (C=O) groups excluding carboxylic acids is 3. The average molecular weight is 468 g/mol. The second kappa shape index (κ2) is 9.27. The number of nitrogens with zero attached hydrogens (tertiary/aromatic N) is 3. The molecule has 1 amide bonds. The van der Waals surface area contributed by atoms with Crippen molar-refractivity contribution < 1.29 is 19.5 Å². The van der Waals surface area contributed by atoms with E-state index in [1.54, 1.807) is 24.3 Å². The number of aliphatic hydroxyl groups is 1. The minimum atomic E-state index is -1.38. The lowest BCUT2D eigenvalue weighted by Crippen LogP contribution is -2.61. The largest absolute Gasteiger partial charge is 0.382 e. The zero-order valence-electron chi connectivity index (χ0n) is 18.3. The normalized spacial score (nSPS) is 17.1. The summed E-state index contributed by atoms with van der Waals surface area (Å²) in [4.78, 5) is 35.8. The Morgan fingerprint density at radius 2 is 1.66 bits per heavy atom. The van der Waals surface area contributed by atoms with E-state index in [2.05, 4.69) is 31.3 Å². The van der Waals surface area contributed by atoms with Crippen molar-refractivity contribution in [1.29, 1.82) is 0 Å². The van der Waals surface area contributed by atoms with E-state index >= 15 is 0 Å². The SMILES string of the molecule is O=C(NCc1ccccc1)c1ccc(-c2cc(NC3C(=O)C(=O)C3O)cc(-c3nn[nH]n3)c2)cc1. The number of Topliss-reactive ketones (excluding diaryl/α,β-unsaturated/α-hetero) is 2. The third-order valence-electron chi connectivity index (χ3n) is 5.74. The Morgan fingerprint density at radius 3 is 2.34 bits per heavy atom. The maximum absolute atomic E-state index is 12.5. The van der Waals surface area contributed by atoms with Gasteiger partial charge in [-0.3, -0.25) is 14.4 Å². The number of aromatic nitrogens is 4. The molecule has 0 aliphatic heterocycles. The van der Waals surface area contributed by atoms with E-state index in [9.17, 15) is 19.5 Å². The highest BCUT2D eigenvalue weighted by molar-refractivity contribution is 6.49. The van der Waals surface area contributed by atoms with Crippen LogP contribution in [0.4, 0.5) is 5.69 Å². The summed E-state index contributed by atoms with van der Waals surface area (Å²) in [5.41, 5.74) is 4.17. The van der Waals surface area contributed by atoms with Gasteiger partial charge in [0.05, 0.1) is 0 Å². The highest BCUT2D eigenvalue weighted by atomic mass is 16.3. The molecule has 2 unspecified atom stereocenters. The second-order valence-corrected chi connectivity index (χ2v) is 8.08. The van der Waals surface area contributed by atoms with E-state index in [0.29, 0.717) is 29.2 Å². The quantitative estimate of drug-likeness (QED) is 0.300. The number of nitrogens with one attached hydrogen (secondary N) is 3. The van der Waals surface area contributed by atoms with Gasteiger partial charge < -0.3 is 15.7 Å². The van der Waals surface area contributed by atoms with Crippen molar-refractivity contribution in [3.05, 3.63) is 83.9 Å². The Labute approximate surface area is 199 Å². The molecular weight excluding hydrogens is 448 g/mol. The minimum absolute atomic E-state index is 0.189. The van der Waals surface area contributed by atoms with Gasteiger partial charge in [0.1, 0.15) is 12.1 Å². The molecule has 0 bridgehead atoms. The lowest BCUT2D eigenvalue weighted by Gasteiger charge is -2.30. The van der Waals surface area contributed by atoms with Crippen LogP contribution in [-0.2, 0) is 16.1 Å². The van der Waals surface area contributed by atoms with E-state index < -0.39 is 23.7 Å². The molecule has 5 rings (SSSR count). The monoisotopic (exact) mass is 468 g/mol. The number of hydrogen-bond acceptors (Lipinski definition) is 8. The van der Waals surface area contributed by atoms with Crippen LogP contribution in [0.2, 0.25) is 0 Å². The predicted octanol–water partition coefficient (Wildman–Crippen LogP) is 1.76. The van der Waals surface area contributed by atoms with Gasteiger partial charge in [-0.05, 0) is 52.2 Å². The molecule has 174 valence electrons. The molecule has 10 heteroatoms. The first-order chi connectivity index (χ1) is 17.0. The number of tetrazole rings is 1. The van der Waals surface area contributed by atoms with Crippen molar-refractivity contribution in [3.8, 4) is 22.5 Å². The van der Waals surface area contributed by atoms with Gasteiger partial charge in [-0.1, -0.05) is 42.5 Å². The number of rotatable bonds is 7. The van der Waals surface area contributed by atoms with Crippen LogP contribution in [0.5, 0.6) is 0 Å². The van der Waals surface area contributed by atoms with E-state index in [1.807, 2.05) is 48.5 Å². The fourth-order valence-electron chi connectivity index (χ4n) is 3.81. The van der Waals surface area contributed by atoms with Crippen LogP contribution in [0, 0.1) is 0 Å². The summed E-state index contributed by atoms with van der Waals surface area (Å²) in [6.45, 7) is 0.428.